The molecular formula is C13H10ClN3O2. The molecule has 96 valence electrons. The highest BCUT2D eigenvalue weighted by atomic mass is 35.5. The van der Waals surface area contributed by atoms with Crippen molar-refractivity contribution in [1.29, 1.82) is 0 Å². The number of nitrogens with zero attached hydrogens (tertiary/aromatic N) is 3. The second-order valence-electron chi connectivity index (χ2n) is 3.96. The predicted molar refractivity (Wildman–Crippen MR) is 70.4 cm³/mol. The Labute approximate surface area is 114 Å². The van der Waals surface area contributed by atoms with Crippen LogP contribution in [0.1, 0.15) is 5.82 Å². The van der Waals surface area contributed by atoms with Gasteiger partial charge in [0.1, 0.15) is 18.1 Å². The van der Waals surface area contributed by atoms with E-state index in [2.05, 4.69) is 10.1 Å². The van der Waals surface area contributed by atoms with Crippen LogP contribution in [-0.4, -0.2) is 19.7 Å². The summed E-state index contributed by atoms with van der Waals surface area (Å²) >= 11 is 5.88. The first-order valence-corrected chi connectivity index (χ1v) is 6.01. The first kappa shape index (κ1) is 11.8. The summed E-state index contributed by atoms with van der Waals surface area (Å²) < 4.78 is 7.16. The monoisotopic (exact) mass is 275 g/mol. The molecule has 0 fully saturated rings. The molecule has 5 nitrogen and oxygen atoms in total. The minimum absolute atomic E-state index is 0.202. The summed E-state index contributed by atoms with van der Waals surface area (Å²) in [7, 11) is 0. The average Bonchev–Trinajstić information content (AvgIpc) is 2.80. The van der Waals surface area contributed by atoms with E-state index in [-0.39, 0.29) is 12.4 Å². The fourth-order valence-electron chi connectivity index (χ4n) is 1.65. The first-order valence-electron chi connectivity index (χ1n) is 5.63. The summed E-state index contributed by atoms with van der Waals surface area (Å²) in [6.45, 7) is 0.254. The van der Waals surface area contributed by atoms with Gasteiger partial charge in [-0.15, -0.1) is 5.10 Å². The van der Waals surface area contributed by atoms with Crippen LogP contribution in [0.2, 0.25) is 5.02 Å². The zero-order chi connectivity index (χ0) is 13.2. The summed E-state index contributed by atoms with van der Waals surface area (Å²) in [5.41, 5.74) is 0.678. The highest BCUT2D eigenvalue weighted by molar-refractivity contribution is 6.30. The number of rotatable bonds is 3. The van der Waals surface area contributed by atoms with E-state index in [1.165, 1.54) is 0 Å². The molecule has 0 bridgehead atoms. The highest BCUT2D eigenvalue weighted by Gasteiger charge is 2.05. The Morgan fingerprint density at radius 2 is 2.00 bits per heavy atom. The van der Waals surface area contributed by atoms with Gasteiger partial charge >= 0.3 is 0 Å². The highest BCUT2D eigenvalue weighted by Crippen LogP contribution is 2.17. The SMILES string of the molecule is Oc1ccc(OCc2nc3cc(Cl)ccn3n2)cc1. The Kier molecular flexibility index (Phi) is 2.97. The maximum absolute atomic E-state index is 9.17. The zero-order valence-electron chi connectivity index (χ0n) is 9.82. The summed E-state index contributed by atoms with van der Waals surface area (Å²) in [5.74, 6) is 1.41. The number of hydrogen-bond acceptors (Lipinski definition) is 4. The van der Waals surface area contributed by atoms with E-state index in [9.17, 15) is 0 Å². The minimum atomic E-state index is 0.202. The number of halogens is 1. The average molecular weight is 276 g/mol. The lowest BCUT2D eigenvalue weighted by molar-refractivity contribution is 0.295. The van der Waals surface area contributed by atoms with Gasteiger partial charge in [0, 0.05) is 17.3 Å². The lowest BCUT2D eigenvalue weighted by Gasteiger charge is -2.02. The zero-order valence-corrected chi connectivity index (χ0v) is 10.6. The Hall–Kier alpha value is -2.27. The Balaban J connectivity index is 1.76. The molecule has 0 saturated heterocycles. The van der Waals surface area contributed by atoms with Crippen molar-refractivity contribution in [1.82, 2.24) is 14.6 Å². The molecule has 0 atom stereocenters. The van der Waals surface area contributed by atoms with Crippen molar-refractivity contribution in [2.75, 3.05) is 0 Å². The third-order valence-corrected chi connectivity index (χ3v) is 2.78. The number of phenolic OH excluding ortho intramolecular Hbond substituents is 1. The van der Waals surface area contributed by atoms with Gasteiger partial charge in [0.15, 0.2) is 11.5 Å². The van der Waals surface area contributed by atoms with E-state index in [4.69, 9.17) is 21.4 Å². The number of ether oxygens (including phenoxy) is 1. The quantitative estimate of drug-likeness (QED) is 0.798. The number of fused-ring (bicyclic) bond motifs is 1. The maximum Gasteiger partial charge on any atom is 0.189 e. The second-order valence-corrected chi connectivity index (χ2v) is 4.39. The number of phenols is 1. The molecule has 0 unspecified atom stereocenters. The molecule has 0 aliphatic carbocycles. The molecule has 6 heteroatoms. The van der Waals surface area contributed by atoms with Gasteiger partial charge in [-0.1, -0.05) is 11.6 Å². The largest absolute Gasteiger partial charge is 0.508 e. The van der Waals surface area contributed by atoms with Crippen molar-refractivity contribution in [3.8, 4) is 11.5 Å². The number of benzene rings is 1. The van der Waals surface area contributed by atoms with Crippen LogP contribution in [0.25, 0.3) is 5.65 Å². The van der Waals surface area contributed by atoms with Crippen LogP contribution in [0.15, 0.2) is 42.6 Å². The number of hydrogen-bond donors (Lipinski definition) is 1. The van der Waals surface area contributed by atoms with Gasteiger partial charge in [0.05, 0.1) is 0 Å². The number of pyridine rings is 1. The lowest BCUT2D eigenvalue weighted by Crippen LogP contribution is -1.97. The maximum atomic E-state index is 9.17. The number of aromatic nitrogens is 3. The van der Waals surface area contributed by atoms with Crippen LogP contribution < -0.4 is 4.74 Å². The van der Waals surface area contributed by atoms with E-state index in [1.54, 1.807) is 47.1 Å². The van der Waals surface area contributed by atoms with Gasteiger partial charge in [-0.3, -0.25) is 0 Å². The predicted octanol–water partition coefficient (Wildman–Crippen LogP) is 2.67. The minimum Gasteiger partial charge on any atom is -0.508 e. The van der Waals surface area contributed by atoms with E-state index in [0.717, 1.165) is 0 Å². The third kappa shape index (κ3) is 2.61. The Bertz CT molecular complexity index is 709. The van der Waals surface area contributed by atoms with Crippen molar-refractivity contribution in [3.63, 3.8) is 0 Å². The lowest BCUT2D eigenvalue weighted by atomic mass is 10.3. The molecule has 2 aromatic heterocycles. The van der Waals surface area contributed by atoms with Crippen molar-refractivity contribution in [2.45, 2.75) is 6.61 Å². The van der Waals surface area contributed by atoms with Crippen LogP contribution in [0, 0.1) is 0 Å². The van der Waals surface area contributed by atoms with Gasteiger partial charge < -0.3 is 9.84 Å². The van der Waals surface area contributed by atoms with Gasteiger partial charge in [-0.25, -0.2) is 9.50 Å². The Morgan fingerprint density at radius 3 is 2.79 bits per heavy atom. The molecule has 1 N–H and O–H groups in total. The van der Waals surface area contributed by atoms with Crippen LogP contribution in [-0.2, 0) is 6.61 Å². The van der Waals surface area contributed by atoms with Gasteiger partial charge in [0.2, 0.25) is 0 Å². The fourth-order valence-corrected chi connectivity index (χ4v) is 1.81. The van der Waals surface area contributed by atoms with Gasteiger partial charge in [-0.05, 0) is 30.3 Å². The van der Waals surface area contributed by atoms with E-state index < -0.39 is 0 Å². The summed E-state index contributed by atoms with van der Waals surface area (Å²) in [6.07, 6.45) is 1.74. The second kappa shape index (κ2) is 4.78. The standard InChI is InChI=1S/C13H10ClN3O2/c14-9-5-6-17-13(7-9)15-12(16-17)8-19-11-3-1-10(18)2-4-11/h1-7,18H,8H2. The van der Waals surface area contributed by atoms with Gasteiger partial charge in [-0.2, -0.15) is 0 Å². The third-order valence-electron chi connectivity index (χ3n) is 2.55. The van der Waals surface area contributed by atoms with Crippen LogP contribution >= 0.6 is 11.6 Å². The van der Waals surface area contributed by atoms with Crippen LogP contribution in [0.3, 0.4) is 0 Å². The molecule has 3 aromatic rings. The van der Waals surface area contributed by atoms with Gasteiger partial charge in [0.25, 0.3) is 0 Å². The summed E-state index contributed by atoms with van der Waals surface area (Å²) in [6, 6.07) is 9.97. The fraction of sp³-hybridized carbons (Fsp3) is 0.0769. The smallest absolute Gasteiger partial charge is 0.189 e. The topological polar surface area (TPSA) is 59.7 Å². The van der Waals surface area contributed by atoms with Crippen molar-refractivity contribution < 1.29 is 9.84 Å². The molecular weight excluding hydrogens is 266 g/mol. The van der Waals surface area contributed by atoms with Crippen LogP contribution in [0.4, 0.5) is 0 Å². The Morgan fingerprint density at radius 1 is 1.21 bits per heavy atom. The molecule has 0 amide bonds. The van der Waals surface area contributed by atoms with Crippen molar-refractivity contribution in [2.24, 2.45) is 0 Å². The van der Waals surface area contributed by atoms with E-state index >= 15 is 0 Å². The molecule has 0 saturated carbocycles. The molecule has 3 rings (SSSR count). The van der Waals surface area contributed by atoms with Crippen molar-refractivity contribution >= 4 is 17.2 Å². The molecule has 0 aliphatic rings. The summed E-state index contributed by atoms with van der Waals surface area (Å²) in [5, 5.41) is 14.0. The normalized spacial score (nSPS) is 10.8. The molecule has 1 aromatic carbocycles. The molecule has 0 aliphatic heterocycles. The van der Waals surface area contributed by atoms with Crippen molar-refractivity contribution in [3.05, 3.63) is 53.4 Å². The summed E-state index contributed by atoms with van der Waals surface area (Å²) in [4.78, 5) is 4.30. The molecule has 2 heterocycles. The molecule has 19 heavy (non-hydrogen) atoms. The van der Waals surface area contributed by atoms with Crippen LogP contribution in [0.5, 0.6) is 11.5 Å². The van der Waals surface area contributed by atoms with E-state index in [0.29, 0.717) is 22.2 Å². The van der Waals surface area contributed by atoms with E-state index in [1.807, 2.05) is 0 Å². The first-order chi connectivity index (χ1) is 9.20. The molecule has 0 radical (unpaired) electrons. The number of aromatic hydroxyl groups is 1. The molecule has 0 spiro atoms.